The van der Waals surface area contributed by atoms with E-state index in [1.165, 1.54) is 0 Å². The molecule has 0 aliphatic rings. The van der Waals surface area contributed by atoms with Crippen LogP contribution in [0.4, 0.5) is 0 Å². The normalized spacial score (nSPS) is 14.1. The van der Waals surface area contributed by atoms with Gasteiger partial charge < -0.3 is 9.84 Å². The van der Waals surface area contributed by atoms with Crippen molar-refractivity contribution in [1.82, 2.24) is 0 Å². The monoisotopic (exact) mass is 250 g/mol. The summed E-state index contributed by atoms with van der Waals surface area (Å²) in [4.78, 5) is 12.2. The quantitative estimate of drug-likeness (QED) is 0.839. The molecular formula is C15H22O3. The number of aliphatic hydroxyl groups is 1. The van der Waals surface area contributed by atoms with E-state index in [1.54, 1.807) is 13.8 Å². The standard InChI is InChI=1S/C15H22O3/c1-14(2,3)18-13(16)12(15(4,5)17)11-9-7-6-8-10-11/h6-10,12,17H,1-5H3. The van der Waals surface area contributed by atoms with Crippen LogP contribution >= 0.6 is 0 Å². The van der Waals surface area contributed by atoms with E-state index in [0.717, 1.165) is 5.56 Å². The average Bonchev–Trinajstić information content (AvgIpc) is 2.13. The molecule has 0 spiro atoms. The van der Waals surface area contributed by atoms with E-state index in [0.29, 0.717) is 0 Å². The van der Waals surface area contributed by atoms with Crippen LogP contribution in [-0.4, -0.2) is 22.3 Å². The average molecular weight is 250 g/mol. The van der Waals surface area contributed by atoms with Crippen molar-refractivity contribution in [3.05, 3.63) is 35.9 Å². The molecule has 3 heteroatoms. The van der Waals surface area contributed by atoms with Crippen LogP contribution in [0, 0.1) is 0 Å². The van der Waals surface area contributed by atoms with Crippen LogP contribution in [0.3, 0.4) is 0 Å². The third-order valence-electron chi connectivity index (χ3n) is 2.48. The second kappa shape index (κ2) is 5.11. The summed E-state index contributed by atoms with van der Waals surface area (Å²) in [6.45, 7) is 8.69. The number of esters is 1. The summed E-state index contributed by atoms with van der Waals surface area (Å²) in [5.74, 6) is -1.08. The summed E-state index contributed by atoms with van der Waals surface area (Å²) in [6, 6.07) is 9.22. The molecule has 0 aliphatic heterocycles. The zero-order valence-corrected chi connectivity index (χ0v) is 11.7. The molecule has 0 saturated heterocycles. The van der Waals surface area contributed by atoms with Crippen molar-refractivity contribution in [1.29, 1.82) is 0 Å². The molecule has 0 saturated carbocycles. The highest BCUT2D eigenvalue weighted by Crippen LogP contribution is 2.30. The maximum absolute atomic E-state index is 12.2. The van der Waals surface area contributed by atoms with Crippen molar-refractivity contribution in [2.75, 3.05) is 0 Å². The lowest BCUT2D eigenvalue weighted by molar-refractivity contribution is -0.162. The molecule has 100 valence electrons. The van der Waals surface area contributed by atoms with Gasteiger partial charge in [-0.05, 0) is 40.2 Å². The van der Waals surface area contributed by atoms with Gasteiger partial charge in [-0.25, -0.2) is 0 Å². The lowest BCUT2D eigenvalue weighted by Crippen LogP contribution is -2.38. The summed E-state index contributed by atoms with van der Waals surface area (Å²) in [5.41, 5.74) is -0.960. The second-order valence-electron chi connectivity index (χ2n) is 6.03. The Morgan fingerprint density at radius 2 is 1.61 bits per heavy atom. The van der Waals surface area contributed by atoms with Gasteiger partial charge in [-0.15, -0.1) is 0 Å². The van der Waals surface area contributed by atoms with Crippen LogP contribution in [-0.2, 0) is 9.53 Å². The molecular weight excluding hydrogens is 228 g/mol. The fourth-order valence-electron chi connectivity index (χ4n) is 1.84. The van der Waals surface area contributed by atoms with Crippen molar-refractivity contribution in [3.63, 3.8) is 0 Å². The molecule has 1 rings (SSSR count). The van der Waals surface area contributed by atoms with Gasteiger partial charge in [0, 0.05) is 0 Å². The van der Waals surface area contributed by atoms with Crippen LogP contribution in [0.1, 0.15) is 46.1 Å². The first-order valence-electron chi connectivity index (χ1n) is 6.11. The number of rotatable bonds is 3. The van der Waals surface area contributed by atoms with E-state index >= 15 is 0 Å². The molecule has 1 aromatic carbocycles. The van der Waals surface area contributed by atoms with E-state index in [2.05, 4.69) is 0 Å². The fourth-order valence-corrected chi connectivity index (χ4v) is 1.84. The van der Waals surface area contributed by atoms with E-state index < -0.39 is 23.1 Å². The molecule has 1 atom stereocenters. The molecule has 1 N–H and O–H groups in total. The van der Waals surface area contributed by atoms with Crippen LogP contribution in [0.15, 0.2) is 30.3 Å². The molecule has 1 aromatic rings. The van der Waals surface area contributed by atoms with Crippen LogP contribution in [0.5, 0.6) is 0 Å². The van der Waals surface area contributed by atoms with Crippen molar-refractivity contribution in [2.45, 2.75) is 51.7 Å². The van der Waals surface area contributed by atoms with Crippen LogP contribution in [0.2, 0.25) is 0 Å². The zero-order valence-electron chi connectivity index (χ0n) is 11.7. The SMILES string of the molecule is CC(C)(C)OC(=O)C(c1ccccc1)C(C)(C)O. The maximum Gasteiger partial charge on any atom is 0.316 e. The van der Waals surface area contributed by atoms with Gasteiger partial charge in [0.15, 0.2) is 0 Å². The first-order valence-corrected chi connectivity index (χ1v) is 6.11. The van der Waals surface area contributed by atoms with Crippen molar-refractivity contribution < 1.29 is 14.6 Å². The number of hydrogen-bond donors (Lipinski definition) is 1. The van der Waals surface area contributed by atoms with Gasteiger partial charge in [-0.1, -0.05) is 30.3 Å². The van der Waals surface area contributed by atoms with E-state index in [1.807, 2.05) is 51.1 Å². The largest absolute Gasteiger partial charge is 0.459 e. The summed E-state index contributed by atoms with van der Waals surface area (Å²) >= 11 is 0. The number of carbonyl (C=O) groups is 1. The highest BCUT2D eigenvalue weighted by atomic mass is 16.6. The predicted octanol–water partition coefficient (Wildman–Crippen LogP) is 2.88. The lowest BCUT2D eigenvalue weighted by atomic mass is 9.84. The van der Waals surface area contributed by atoms with Crippen molar-refractivity contribution in [2.24, 2.45) is 0 Å². The fraction of sp³-hybridized carbons (Fsp3) is 0.533. The van der Waals surface area contributed by atoms with Gasteiger partial charge in [0.2, 0.25) is 0 Å². The number of carbonyl (C=O) groups excluding carboxylic acids is 1. The highest BCUT2D eigenvalue weighted by molar-refractivity contribution is 5.80. The van der Waals surface area contributed by atoms with E-state index in [9.17, 15) is 9.90 Å². The van der Waals surface area contributed by atoms with Gasteiger partial charge in [-0.3, -0.25) is 4.79 Å². The molecule has 0 bridgehead atoms. The van der Waals surface area contributed by atoms with Crippen LogP contribution in [0.25, 0.3) is 0 Å². The molecule has 0 fully saturated rings. The molecule has 0 radical (unpaired) electrons. The number of hydrogen-bond acceptors (Lipinski definition) is 3. The van der Waals surface area contributed by atoms with Gasteiger partial charge in [0.05, 0.1) is 5.60 Å². The summed E-state index contributed by atoms with van der Waals surface area (Å²) in [7, 11) is 0. The Hall–Kier alpha value is -1.35. The highest BCUT2D eigenvalue weighted by Gasteiger charge is 2.37. The minimum Gasteiger partial charge on any atom is -0.459 e. The summed E-state index contributed by atoms with van der Waals surface area (Å²) < 4.78 is 5.38. The molecule has 1 unspecified atom stereocenters. The van der Waals surface area contributed by atoms with Gasteiger partial charge in [0.1, 0.15) is 11.5 Å². The Bertz CT molecular complexity index is 396. The molecule has 0 amide bonds. The maximum atomic E-state index is 12.2. The molecule has 0 aromatic heterocycles. The zero-order chi connectivity index (χ0) is 14.0. The Labute approximate surface area is 109 Å². The molecule has 0 heterocycles. The van der Waals surface area contributed by atoms with E-state index in [-0.39, 0.29) is 0 Å². The third kappa shape index (κ3) is 4.15. The van der Waals surface area contributed by atoms with E-state index in [4.69, 9.17) is 4.74 Å². The molecule has 18 heavy (non-hydrogen) atoms. The van der Waals surface area contributed by atoms with Crippen molar-refractivity contribution in [3.8, 4) is 0 Å². The first kappa shape index (κ1) is 14.7. The Kier molecular flexibility index (Phi) is 4.17. The Balaban J connectivity index is 3.05. The smallest absolute Gasteiger partial charge is 0.316 e. The van der Waals surface area contributed by atoms with Gasteiger partial charge >= 0.3 is 5.97 Å². The van der Waals surface area contributed by atoms with Gasteiger partial charge in [-0.2, -0.15) is 0 Å². The molecule has 0 aliphatic carbocycles. The summed E-state index contributed by atoms with van der Waals surface area (Å²) in [5, 5.41) is 10.2. The summed E-state index contributed by atoms with van der Waals surface area (Å²) in [6.07, 6.45) is 0. The Morgan fingerprint density at radius 3 is 2.00 bits per heavy atom. The van der Waals surface area contributed by atoms with Gasteiger partial charge in [0.25, 0.3) is 0 Å². The van der Waals surface area contributed by atoms with Crippen molar-refractivity contribution >= 4 is 5.97 Å². The minimum absolute atomic E-state index is 0.402. The third-order valence-corrected chi connectivity index (χ3v) is 2.48. The first-order chi connectivity index (χ1) is 8.11. The van der Waals surface area contributed by atoms with Crippen LogP contribution < -0.4 is 0 Å². The Morgan fingerprint density at radius 1 is 1.11 bits per heavy atom. The molecule has 3 nitrogen and oxygen atoms in total. The minimum atomic E-state index is -1.16. The lowest BCUT2D eigenvalue weighted by Gasteiger charge is -2.31. The number of ether oxygens (including phenoxy) is 1. The second-order valence-corrected chi connectivity index (χ2v) is 6.03. The number of benzene rings is 1. The predicted molar refractivity (Wildman–Crippen MR) is 71.3 cm³/mol. The topological polar surface area (TPSA) is 46.5 Å².